The van der Waals surface area contributed by atoms with E-state index in [9.17, 15) is 23.5 Å². The van der Waals surface area contributed by atoms with Gasteiger partial charge in [0, 0.05) is 16.3 Å². The van der Waals surface area contributed by atoms with Crippen LogP contribution in [0.3, 0.4) is 0 Å². The van der Waals surface area contributed by atoms with E-state index in [4.69, 9.17) is 9.15 Å². The van der Waals surface area contributed by atoms with Gasteiger partial charge in [0.05, 0.1) is 19.2 Å². The molecule has 3 aromatic carbocycles. The van der Waals surface area contributed by atoms with Crippen LogP contribution in [-0.2, 0) is 6.54 Å². The molecular weight excluding hydrogens is 476 g/mol. The summed E-state index contributed by atoms with van der Waals surface area (Å²) in [6, 6.07) is 15.9. The van der Waals surface area contributed by atoms with Gasteiger partial charge in [-0.3, -0.25) is 4.79 Å². The number of pyridine rings is 1. The third-order valence-electron chi connectivity index (χ3n) is 5.55. The number of aromatic hydroxyl groups is 1. The third-order valence-corrected chi connectivity index (χ3v) is 6.62. The Morgan fingerprint density at radius 2 is 1.63 bits per heavy atom. The van der Waals surface area contributed by atoms with Gasteiger partial charge in [0.25, 0.3) is 5.56 Å². The van der Waals surface area contributed by atoms with Crippen molar-refractivity contribution in [1.29, 1.82) is 0 Å². The lowest BCUT2D eigenvalue weighted by molar-refractivity contribution is 0.415. The highest BCUT2D eigenvalue weighted by Gasteiger charge is 2.23. The fraction of sp³-hybridized carbons (Fsp3) is 0.0769. The smallest absolute Gasteiger partial charge is 0.354 e. The molecule has 0 atom stereocenters. The molecular formula is C26H17F2NO5S. The molecule has 2 heterocycles. The van der Waals surface area contributed by atoms with Crippen molar-refractivity contribution < 1.29 is 23.0 Å². The topological polar surface area (TPSA) is 81.7 Å². The Labute approximate surface area is 201 Å². The molecule has 0 unspecified atom stereocenters. The van der Waals surface area contributed by atoms with E-state index in [2.05, 4.69) is 0 Å². The minimum atomic E-state index is -0.836. The lowest BCUT2D eigenvalue weighted by atomic mass is 10.1. The molecule has 0 aliphatic carbocycles. The third kappa shape index (κ3) is 4.15. The highest BCUT2D eigenvalue weighted by atomic mass is 32.2. The maximum Gasteiger partial charge on any atom is 0.354 e. The maximum atomic E-state index is 13.7. The standard InChI is InChI=1S/C26H17F2NO5S/c1-33-17-8-11-19-20(12-17)29(13-14-2-4-15(27)5-3-14)25(31)21-22(30)24(26(32)34-23(19)21)35-18-9-6-16(28)7-10-18/h2-12,30H,13H2,1H3. The summed E-state index contributed by atoms with van der Waals surface area (Å²) < 4.78 is 38.9. The number of hydrogen-bond donors (Lipinski definition) is 1. The van der Waals surface area contributed by atoms with Gasteiger partial charge in [0.2, 0.25) is 0 Å². The van der Waals surface area contributed by atoms with E-state index in [0.29, 0.717) is 27.1 Å². The number of halogens is 2. The molecule has 0 spiro atoms. The van der Waals surface area contributed by atoms with Crippen LogP contribution in [0.4, 0.5) is 8.78 Å². The summed E-state index contributed by atoms with van der Waals surface area (Å²) >= 11 is 0.863. The molecule has 35 heavy (non-hydrogen) atoms. The molecule has 5 aromatic rings. The molecule has 5 rings (SSSR count). The molecule has 0 amide bonds. The van der Waals surface area contributed by atoms with Crippen LogP contribution in [0, 0.1) is 11.6 Å². The van der Waals surface area contributed by atoms with Gasteiger partial charge in [0.15, 0.2) is 11.3 Å². The summed E-state index contributed by atoms with van der Waals surface area (Å²) in [5.41, 5.74) is -0.444. The van der Waals surface area contributed by atoms with Crippen LogP contribution in [0.25, 0.3) is 21.9 Å². The second kappa shape index (κ2) is 8.92. The van der Waals surface area contributed by atoms with Crippen molar-refractivity contribution in [1.82, 2.24) is 4.57 Å². The Bertz CT molecular complexity index is 1690. The average Bonchev–Trinajstić information content (AvgIpc) is 2.86. The molecule has 176 valence electrons. The van der Waals surface area contributed by atoms with E-state index in [0.717, 1.165) is 11.8 Å². The first-order chi connectivity index (χ1) is 16.9. The Hall–Kier alpha value is -4.11. The molecule has 0 fully saturated rings. The predicted octanol–water partition coefficient (Wildman–Crippen LogP) is 5.30. The number of aromatic nitrogens is 1. The summed E-state index contributed by atoms with van der Waals surface area (Å²) in [5.74, 6) is -0.914. The summed E-state index contributed by atoms with van der Waals surface area (Å²) in [6.45, 7) is 0.0672. The number of nitrogens with zero attached hydrogens (tertiary/aromatic N) is 1. The SMILES string of the molecule is COc1ccc2c3oc(=O)c(Sc4ccc(F)cc4)c(O)c3c(=O)n(Cc3ccc(F)cc3)c2c1. The molecule has 6 nitrogen and oxygen atoms in total. The molecule has 2 aromatic heterocycles. The van der Waals surface area contributed by atoms with Crippen molar-refractivity contribution in [2.75, 3.05) is 7.11 Å². The van der Waals surface area contributed by atoms with Gasteiger partial charge in [-0.1, -0.05) is 23.9 Å². The first-order valence-corrected chi connectivity index (χ1v) is 11.3. The van der Waals surface area contributed by atoms with E-state index < -0.39 is 28.6 Å². The van der Waals surface area contributed by atoms with Crippen molar-refractivity contribution in [2.24, 2.45) is 0 Å². The van der Waals surface area contributed by atoms with Crippen LogP contribution in [0.2, 0.25) is 0 Å². The van der Waals surface area contributed by atoms with Gasteiger partial charge in [0.1, 0.15) is 27.7 Å². The van der Waals surface area contributed by atoms with Crippen molar-refractivity contribution in [3.05, 3.63) is 105 Å². The van der Waals surface area contributed by atoms with E-state index in [1.54, 1.807) is 30.3 Å². The Balaban J connectivity index is 1.78. The second-order valence-electron chi connectivity index (χ2n) is 7.73. The molecule has 0 aliphatic heterocycles. The summed E-state index contributed by atoms with van der Waals surface area (Å²) in [5, 5.41) is 11.3. The van der Waals surface area contributed by atoms with E-state index in [1.165, 1.54) is 48.1 Å². The van der Waals surface area contributed by atoms with Crippen molar-refractivity contribution >= 4 is 33.6 Å². The number of ether oxygens (including phenoxy) is 1. The van der Waals surface area contributed by atoms with Crippen LogP contribution in [-0.4, -0.2) is 16.8 Å². The Morgan fingerprint density at radius 3 is 2.29 bits per heavy atom. The van der Waals surface area contributed by atoms with Crippen LogP contribution in [0.5, 0.6) is 11.5 Å². The largest absolute Gasteiger partial charge is 0.505 e. The normalized spacial score (nSPS) is 11.3. The zero-order valence-electron chi connectivity index (χ0n) is 18.2. The first kappa shape index (κ1) is 22.7. The second-order valence-corrected chi connectivity index (χ2v) is 8.81. The fourth-order valence-electron chi connectivity index (χ4n) is 3.83. The zero-order valence-corrected chi connectivity index (χ0v) is 19.1. The summed E-state index contributed by atoms with van der Waals surface area (Å²) in [6.07, 6.45) is 0. The average molecular weight is 493 g/mol. The Kier molecular flexibility index (Phi) is 5.78. The predicted molar refractivity (Wildman–Crippen MR) is 128 cm³/mol. The fourth-order valence-corrected chi connectivity index (χ4v) is 4.67. The molecule has 0 saturated heterocycles. The quantitative estimate of drug-likeness (QED) is 0.335. The van der Waals surface area contributed by atoms with Crippen molar-refractivity contribution in [3.8, 4) is 11.5 Å². The van der Waals surface area contributed by atoms with Gasteiger partial charge in [-0.15, -0.1) is 0 Å². The lowest BCUT2D eigenvalue weighted by Crippen LogP contribution is -2.23. The van der Waals surface area contributed by atoms with Crippen LogP contribution < -0.4 is 15.9 Å². The summed E-state index contributed by atoms with van der Waals surface area (Å²) in [4.78, 5) is 26.8. The van der Waals surface area contributed by atoms with Crippen LogP contribution in [0.15, 0.2) is 90.5 Å². The molecule has 1 N–H and O–H groups in total. The molecule has 0 radical (unpaired) electrons. The monoisotopic (exact) mass is 493 g/mol. The highest BCUT2D eigenvalue weighted by Crippen LogP contribution is 2.37. The number of methoxy groups -OCH3 is 1. The molecule has 0 aliphatic rings. The number of rotatable bonds is 5. The number of hydrogen-bond acceptors (Lipinski definition) is 6. The van der Waals surface area contributed by atoms with E-state index >= 15 is 0 Å². The number of benzene rings is 3. The minimum Gasteiger partial charge on any atom is -0.505 e. The molecule has 0 saturated carbocycles. The van der Waals surface area contributed by atoms with Crippen LogP contribution in [0.1, 0.15) is 5.56 Å². The summed E-state index contributed by atoms with van der Waals surface area (Å²) in [7, 11) is 1.48. The van der Waals surface area contributed by atoms with Crippen molar-refractivity contribution in [3.63, 3.8) is 0 Å². The molecule has 0 bridgehead atoms. The maximum absolute atomic E-state index is 13.7. The van der Waals surface area contributed by atoms with Gasteiger partial charge < -0.3 is 18.8 Å². The first-order valence-electron chi connectivity index (χ1n) is 10.4. The number of fused-ring (bicyclic) bond motifs is 3. The van der Waals surface area contributed by atoms with Gasteiger partial charge in [-0.25, -0.2) is 13.6 Å². The molecule has 9 heteroatoms. The highest BCUT2D eigenvalue weighted by molar-refractivity contribution is 7.99. The Morgan fingerprint density at radius 1 is 0.971 bits per heavy atom. The van der Waals surface area contributed by atoms with E-state index in [1.807, 2.05) is 0 Å². The van der Waals surface area contributed by atoms with Crippen LogP contribution >= 0.6 is 11.8 Å². The van der Waals surface area contributed by atoms with E-state index in [-0.39, 0.29) is 22.4 Å². The van der Waals surface area contributed by atoms with Gasteiger partial charge >= 0.3 is 5.63 Å². The zero-order chi connectivity index (χ0) is 24.7. The van der Waals surface area contributed by atoms with Gasteiger partial charge in [-0.05, 0) is 54.1 Å². The lowest BCUT2D eigenvalue weighted by Gasteiger charge is -2.15. The van der Waals surface area contributed by atoms with Crippen molar-refractivity contribution in [2.45, 2.75) is 16.3 Å². The van der Waals surface area contributed by atoms with Gasteiger partial charge in [-0.2, -0.15) is 0 Å². The minimum absolute atomic E-state index is 0.0611.